The third-order valence-corrected chi connectivity index (χ3v) is 5.52. The molecule has 2 rings (SSSR count). The number of guanidine groups is 1. The van der Waals surface area contributed by atoms with E-state index in [4.69, 9.17) is 25.7 Å². The average Bonchev–Trinajstić information content (AvgIpc) is 2.86. The van der Waals surface area contributed by atoms with Crippen LogP contribution < -0.4 is 26.3 Å². The highest BCUT2D eigenvalue weighted by atomic mass is 19.4. The number of nitrogens with one attached hydrogen (secondary N) is 1. The predicted molar refractivity (Wildman–Crippen MR) is 135 cm³/mol. The van der Waals surface area contributed by atoms with E-state index < -0.39 is 60.5 Å². The molecule has 1 heterocycles. The standard InChI is InChI=1S/C25H30F6N4O7/c1-3-14-10-16(42-25(29,30)31)11-15-12-17(20(24(26,27)28)41-19(14)15)21(37)39-8-5-9-40-22(38)18(35-13(2)36)6-4-7-34-23(32)33/h10-12,18,20H,3-9H2,1-2H3,(H,35,36)(H4,32,33,34)/t18-,20?/m0/s1. The minimum absolute atomic E-state index is 0.000267. The van der Waals surface area contributed by atoms with Gasteiger partial charge < -0.3 is 35.7 Å². The van der Waals surface area contributed by atoms with Gasteiger partial charge in [-0.15, -0.1) is 13.2 Å². The molecule has 0 radical (unpaired) electrons. The molecule has 17 heteroatoms. The molecule has 42 heavy (non-hydrogen) atoms. The van der Waals surface area contributed by atoms with Gasteiger partial charge in [0.25, 0.3) is 0 Å². The molecule has 11 nitrogen and oxygen atoms in total. The first kappa shape index (κ1) is 34.0. The van der Waals surface area contributed by atoms with E-state index >= 15 is 0 Å². The second kappa shape index (κ2) is 14.6. The summed E-state index contributed by atoms with van der Waals surface area (Å²) in [6, 6.07) is 0.679. The van der Waals surface area contributed by atoms with Crippen molar-refractivity contribution in [3.8, 4) is 11.5 Å². The molecule has 0 bridgehead atoms. The van der Waals surface area contributed by atoms with Crippen LogP contribution in [0.4, 0.5) is 26.3 Å². The molecule has 0 saturated heterocycles. The Hall–Kier alpha value is -4.18. The Labute approximate surface area is 236 Å². The van der Waals surface area contributed by atoms with Crippen LogP contribution in [0, 0.1) is 0 Å². The lowest BCUT2D eigenvalue weighted by Crippen LogP contribution is -2.41. The van der Waals surface area contributed by atoms with E-state index in [1.165, 1.54) is 13.8 Å². The monoisotopic (exact) mass is 612 g/mol. The highest BCUT2D eigenvalue weighted by Gasteiger charge is 2.49. The van der Waals surface area contributed by atoms with E-state index in [1.54, 1.807) is 0 Å². The smallest absolute Gasteiger partial charge is 0.475 e. The number of benzene rings is 1. The quantitative estimate of drug-likeness (QED) is 0.0999. The van der Waals surface area contributed by atoms with Gasteiger partial charge in [-0.05, 0) is 43.0 Å². The number of fused-ring (bicyclic) bond motifs is 1. The van der Waals surface area contributed by atoms with Crippen LogP contribution in [0.25, 0.3) is 6.08 Å². The summed E-state index contributed by atoms with van der Waals surface area (Å²) in [6.45, 7) is 2.09. The number of esters is 2. The zero-order valence-corrected chi connectivity index (χ0v) is 22.6. The van der Waals surface area contributed by atoms with E-state index in [2.05, 4.69) is 15.0 Å². The Morgan fingerprint density at radius 3 is 2.31 bits per heavy atom. The van der Waals surface area contributed by atoms with Crippen molar-refractivity contribution in [1.82, 2.24) is 5.32 Å². The largest absolute Gasteiger partial charge is 0.573 e. The highest BCUT2D eigenvalue weighted by molar-refractivity contribution is 5.96. The lowest BCUT2D eigenvalue weighted by Gasteiger charge is -2.29. The molecule has 0 aromatic heterocycles. The van der Waals surface area contributed by atoms with Gasteiger partial charge in [0.1, 0.15) is 17.5 Å². The van der Waals surface area contributed by atoms with Crippen LogP contribution in [0.3, 0.4) is 0 Å². The van der Waals surface area contributed by atoms with E-state index in [0.717, 1.165) is 18.2 Å². The second-order valence-corrected chi connectivity index (χ2v) is 8.90. The Morgan fingerprint density at radius 2 is 1.74 bits per heavy atom. The lowest BCUT2D eigenvalue weighted by molar-refractivity contribution is -0.274. The molecule has 1 aromatic rings. The molecule has 2 atom stereocenters. The zero-order valence-electron chi connectivity index (χ0n) is 22.6. The van der Waals surface area contributed by atoms with Crippen LogP contribution in [0.2, 0.25) is 0 Å². The number of hydrogen-bond donors (Lipinski definition) is 3. The zero-order chi connectivity index (χ0) is 31.7. The SMILES string of the molecule is CCc1cc(OC(F)(F)F)cc2c1OC(C(F)(F)F)C(C(=O)OCCCOC(=O)[C@H](CCCN=C(N)N)NC(C)=O)=C2. The number of halogens is 6. The fourth-order valence-corrected chi connectivity index (χ4v) is 3.80. The van der Waals surface area contributed by atoms with Gasteiger partial charge in [-0.3, -0.25) is 9.79 Å². The third-order valence-electron chi connectivity index (χ3n) is 5.52. The van der Waals surface area contributed by atoms with Gasteiger partial charge in [-0.1, -0.05) is 6.92 Å². The third kappa shape index (κ3) is 10.7. The number of alkyl halides is 6. The molecule has 234 valence electrons. The number of hydrogen-bond acceptors (Lipinski definition) is 8. The highest BCUT2D eigenvalue weighted by Crippen LogP contribution is 2.42. The lowest BCUT2D eigenvalue weighted by atomic mass is 9.97. The first-order valence-electron chi connectivity index (χ1n) is 12.6. The first-order valence-corrected chi connectivity index (χ1v) is 12.6. The van der Waals surface area contributed by atoms with Crippen molar-refractivity contribution in [3.05, 3.63) is 28.8 Å². The molecule has 1 unspecified atom stereocenters. The van der Waals surface area contributed by atoms with Crippen molar-refractivity contribution in [2.75, 3.05) is 19.8 Å². The van der Waals surface area contributed by atoms with Crippen molar-refractivity contribution in [3.63, 3.8) is 0 Å². The van der Waals surface area contributed by atoms with Crippen LogP contribution >= 0.6 is 0 Å². The number of aliphatic imine (C=N–C) groups is 1. The summed E-state index contributed by atoms with van der Waals surface area (Å²) >= 11 is 0. The summed E-state index contributed by atoms with van der Waals surface area (Å²) in [5, 5.41) is 2.41. The van der Waals surface area contributed by atoms with Crippen molar-refractivity contribution in [2.45, 2.75) is 64.2 Å². The second-order valence-electron chi connectivity index (χ2n) is 8.90. The number of ether oxygens (including phenoxy) is 4. The van der Waals surface area contributed by atoms with Gasteiger partial charge >= 0.3 is 24.5 Å². The summed E-state index contributed by atoms with van der Waals surface area (Å²) in [4.78, 5) is 40.1. The van der Waals surface area contributed by atoms with Crippen LogP contribution in [0.1, 0.15) is 44.2 Å². The summed E-state index contributed by atoms with van der Waals surface area (Å²) in [5.41, 5.74) is 9.21. The Balaban J connectivity index is 2.06. The molecule has 1 amide bonds. The van der Waals surface area contributed by atoms with Gasteiger partial charge in [-0.2, -0.15) is 13.2 Å². The number of rotatable bonds is 13. The van der Waals surface area contributed by atoms with Gasteiger partial charge in [0, 0.05) is 25.5 Å². The van der Waals surface area contributed by atoms with Crippen molar-refractivity contribution in [2.24, 2.45) is 16.5 Å². The maximum atomic E-state index is 13.8. The summed E-state index contributed by atoms with van der Waals surface area (Å²) in [5.74, 6) is -3.93. The van der Waals surface area contributed by atoms with Crippen molar-refractivity contribution < 1.29 is 59.7 Å². The fourth-order valence-electron chi connectivity index (χ4n) is 3.80. The Bertz CT molecular complexity index is 1200. The Morgan fingerprint density at radius 1 is 1.07 bits per heavy atom. The molecular formula is C25H30F6N4O7. The minimum atomic E-state index is -5.07. The van der Waals surface area contributed by atoms with Crippen molar-refractivity contribution in [1.29, 1.82) is 0 Å². The van der Waals surface area contributed by atoms with Crippen molar-refractivity contribution >= 4 is 29.9 Å². The number of nitrogens with zero attached hydrogens (tertiary/aromatic N) is 1. The molecule has 0 aliphatic carbocycles. The van der Waals surface area contributed by atoms with Gasteiger partial charge in [0.2, 0.25) is 12.0 Å². The maximum absolute atomic E-state index is 13.8. The molecule has 1 aromatic carbocycles. The van der Waals surface area contributed by atoms with E-state index in [1.807, 2.05) is 0 Å². The van der Waals surface area contributed by atoms with Gasteiger partial charge in [0.15, 0.2) is 5.96 Å². The number of carbonyl (C=O) groups is 3. The van der Waals surface area contributed by atoms with Crippen LogP contribution in [-0.4, -0.2) is 68.2 Å². The number of aryl methyl sites for hydroxylation is 1. The predicted octanol–water partition coefficient (Wildman–Crippen LogP) is 2.89. The van der Waals surface area contributed by atoms with E-state index in [-0.39, 0.29) is 55.3 Å². The number of amides is 1. The topological polar surface area (TPSA) is 165 Å². The summed E-state index contributed by atoms with van der Waals surface area (Å²) in [6.07, 6.45) is -11.8. The fraction of sp³-hybridized carbons (Fsp3) is 0.520. The summed E-state index contributed by atoms with van der Waals surface area (Å²) < 4.78 is 98.4. The molecule has 0 spiro atoms. The van der Waals surface area contributed by atoms with E-state index in [0.29, 0.717) is 6.42 Å². The van der Waals surface area contributed by atoms with Crippen LogP contribution in [0.15, 0.2) is 22.7 Å². The molecule has 5 N–H and O–H groups in total. The average molecular weight is 613 g/mol. The molecule has 1 aliphatic heterocycles. The normalized spacial score (nSPS) is 15.3. The summed E-state index contributed by atoms with van der Waals surface area (Å²) in [7, 11) is 0. The molecule has 0 saturated carbocycles. The van der Waals surface area contributed by atoms with Crippen LogP contribution in [0.5, 0.6) is 11.5 Å². The number of nitrogens with two attached hydrogens (primary N) is 2. The molecular weight excluding hydrogens is 582 g/mol. The molecule has 1 aliphatic rings. The van der Waals surface area contributed by atoms with Crippen LogP contribution in [-0.2, 0) is 30.3 Å². The maximum Gasteiger partial charge on any atom is 0.573 e. The van der Waals surface area contributed by atoms with Gasteiger partial charge in [0.05, 0.1) is 18.8 Å². The van der Waals surface area contributed by atoms with Gasteiger partial charge in [-0.25, -0.2) is 9.59 Å². The number of carbonyl (C=O) groups excluding carboxylic acids is 3. The first-order chi connectivity index (χ1) is 19.5. The molecule has 0 fully saturated rings. The van der Waals surface area contributed by atoms with E-state index in [9.17, 15) is 40.7 Å². The minimum Gasteiger partial charge on any atom is -0.475 e. The Kier molecular flexibility index (Phi) is 11.9.